The maximum atomic E-state index is 13.1. The number of carbonyl (C=O) groups is 2. The predicted octanol–water partition coefficient (Wildman–Crippen LogP) is 4.66. The van der Waals surface area contributed by atoms with Crippen LogP contribution in [0.5, 0.6) is 0 Å². The molecule has 176 valence electrons. The number of rotatable bonds is 9. The van der Waals surface area contributed by atoms with E-state index >= 15 is 0 Å². The van der Waals surface area contributed by atoms with Crippen molar-refractivity contribution in [1.29, 1.82) is 0 Å². The van der Waals surface area contributed by atoms with E-state index in [1.807, 2.05) is 48.7 Å². The third kappa shape index (κ3) is 6.52. The molecule has 0 aliphatic rings. The van der Waals surface area contributed by atoms with Crippen LogP contribution in [0.25, 0.3) is 5.69 Å². The van der Waals surface area contributed by atoms with Crippen LogP contribution in [0.1, 0.15) is 48.1 Å². The Bertz CT molecular complexity index is 1080. The van der Waals surface area contributed by atoms with Crippen LogP contribution in [0.2, 0.25) is 0 Å². The predicted molar refractivity (Wildman–Crippen MR) is 132 cm³/mol. The number of aromatic nitrogens is 2. The normalized spacial score (nSPS) is 11.4. The van der Waals surface area contributed by atoms with Crippen LogP contribution in [0.4, 0.5) is 5.82 Å². The Morgan fingerprint density at radius 2 is 1.97 bits per heavy atom. The molecule has 1 N–H and O–H groups in total. The number of hydrogen-bond acceptors (Lipinski definition) is 5. The van der Waals surface area contributed by atoms with Gasteiger partial charge < -0.3 is 15.0 Å². The number of nitrogens with zero attached hydrogens (tertiary/aromatic N) is 3. The molecule has 2 heterocycles. The molecule has 3 rings (SSSR count). The van der Waals surface area contributed by atoms with Crippen LogP contribution in [-0.4, -0.2) is 53.3 Å². The van der Waals surface area contributed by atoms with E-state index in [1.165, 1.54) is 11.3 Å². The number of nitrogens with one attached hydrogen (secondary N) is 1. The van der Waals surface area contributed by atoms with Gasteiger partial charge in [-0.05, 0) is 42.5 Å². The average Bonchev–Trinajstić information content (AvgIpc) is 3.43. The first-order valence-corrected chi connectivity index (χ1v) is 11.9. The SMILES string of the molecule is COCCCN(CC(=O)Nc1cc(C(C)(C)C)nn1-c1cccc(C)c1)C(=O)c1cccs1. The number of methoxy groups -OCH3 is 1. The first-order chi connectivity index (χ1) is 15.7. The van der Waals surface area contributed by atoms with Crippen LogP contribution in [0.3, 0.4) is 0 Å². The van der Waals surface area contributed by atoms with Crippen LogP contribution in [0.15, 0.2) is 47.8 Å². The second-order valence-corrected chi connectivity index (χ2v) is 9.96. The maximum absolute atomic E-state index is 13.1. The molecular formula is C25H32N4O3S. The molecule has 33 heavy (non-hydrogen) atoms. The lowest BCUT2D eigenvalue weighted by Crippen LogP contribution is -2.39. The van der Waals surface area contributed by atoms with Gasteiger partial charge in [0.15, 0.2) is 0 Å². The zero-order valence-corrected chi connectivity index (χ0v) is 20.7. The third-order valence-corrected chi connectivity index (χ3v) is 5.98. The van der Waals surface area contributed by atoms with Gasteiger partial charge in [-0.1, -0.05) is 39.0 Å². The fourth-order valence-corrected chi connectivity index (χ4v) is 4.05. The molecule has 2 amide bonds. The average molecular weight is 469 g/mol. The fraction of sp³-hybridized carbons (Fsp3) is 0.400. The number of aryl methyl sites for hydroxylation is 1. The summed E-state index contributed by atoms with van der Waals surface area (Å²) in [5.74, 6) is 0.154. The molecule has 0 fully saturated rings. The number of carbonyl (C=O) groups excluding carboxylic acids is 2. The Kier molecular flexibility index (Phi) is 8.05. The number of hydrogen-bond donors (Lipinski definition) is 1. The van der Waals surface area contributed by atoms with Crippen molar-refractivity contribution in [2.24, 2.45) is 0 Å². The van der Waals surface area contributed by atoms with Crippen LogP contribution < -0.4 is 5.32 Å². The first kappa shape index (κ1) is 24.7. The lowest BCUT2D eigenvalue weighted by Gasteiger charge is -2.21. The van der Waals surface area contributed by atoms with E-state index in [0.29, 0.717) is 30.3 Å². The fourth-order valence-electron chi connectivity index (χ4n) is 3.36. The quantitative estimate of drug-likeness (QED) is 0.464. The summed E-state index contributed by atoms with van der Waals surface area (Å²) in [6, 6.07) is 13.5. The van der Waals surface area contributed by atoms with E-state index in [1.54, 1.807) is 22.8 Å². The molecule has 0 aliphatic heterocycles. The van der Waals surface area contributed by atoms with Gasteiger partial charge in [0.05, 0.1) is 16.3 Å². The molecular weight excluding hydrogens is 436 g/mol. The summed E-state index contributed by atoms with van der Waals surface area (Å²) in [5, 5.41) is 9.61. The van der Waals surface area contributed by atoms with Gasteiger partial charge in [0.25, 0.3) is 5.91 Å². The largest absolute Gasteiger partial charge is 0.385 e. The van der Waals surface area contributed by atoms with Crippen molar-refractivity contribution in [2.45, 2.75) is 39.5 Å². The van der Waals surface area contributed by atoms with Crippen LogP contribution in [-0.2, 0) is 14.9 Å². The van der Waals surface area contributed by atoms with Crippen molar-refractivity contribution in [1.82, 2.24) is 14.7 Å². The lowest BCUT2D eigenvalue weighted by atomic mass is 9.92. The van der Waals surface area contributed by atoms with Crippen molar-refractivity contribution in [3.63, 3.8) is 0 Å². The number of amides is 2. The molecule has 2 aromatic heterocycles. The molecule has 0 saturated carbocycles. The number of thiophene rings is 1. The Morgan fingerprint density at radius 3 is 2.61 bits per heavy atom. The smallest absolute Gasteiger partial charge is 0.264 e. The minimum atomic E-state index is -0.272. The number of anilines is 1. The molecule has 0 radical (unpaired) electrons. The molecule has 7 nitrogen and oxygen atoms in total. The lowest BCUT2D eigenvalue weighted by molar-refractivity contribution is -0.117. The molecule has 8 heteroatoms. The summed E-state index contributed by atoms with van der Waals surface area (Å²) in [7, 11) is 1.62. The summed E-state index contributed by atoms with van der Waals surface area (Å²) < 4.78 is 6.88. The Labute approximate surface area is 199 Å². The second kappa shape index (κ2) is 10.8. The molecule has 0 atom stereocenters. The van der Waals surface area contributed by atoms with Crippen molar-refractivity contribution in [2.75, 3.05) is 32.1 Å². The minimum absolute atomic E-state index is 0.0513. The first-order valence-electron chi connectivity index (χ1n) is 11.0. The zero-order chi connectivity index (χ0) is 24.0. The topological polar surface area (TPSA) is 76.5 Å². The minimum Gasteiger partial charge on any atom is -0.385 e. The van der Waals surface area contributed by atoms with Crippen molar-refractivity contribution < 1.29 is 14.3 Å². The monoisotopic (exact) mass is 468 g/mol. The number of ether oxygens (including phenoxy) is 1. The molecule has 0 spiro atoms. The van der Waals surface area contributed by atoms with Crippen molar-refractivity contribution >= 4 is 29.0 Å². The van der Waals surface area contributed by atoms with Crippen LogP contribution >= 0.6 is 11.3 Å². The van der Waals surface area contributed by atoms with Gasteiger partial charge in [0, 0.05) is 31.7 Å². The van der Waals surface area contributed by atoms with Gasteiger partial charge in [0.1, 0.15) is 12.4 Å². The Morgan fingerprint density at radius 1 is 1.18 bits per heavy atom. The summed E-state index contributed by atoms with van der Waals surface area (Å²) in [5.41, 5.74) is 2.65. The molecule has 0 aliphatic carbocycles. The van der Waals surface area contributed by atoms with Gasteiger partial charge >= 0.3 is 0 Å². The Balaban J connectivity index is 1.83. The van der Waals surface area contributed by atoms with Gasteiger partial charge in [-0.2, -0.15) is 5.10 Å². The van der Waals surface area contributed by atoms with E-state index < -0.39 is 0 Å². The molecule has 1 aromatic carbocycles. The molecule has 0 bridgehead atoms. The van der Waals surface area contributed by atoms with E-state index in [-0.39, 0.29) is 23.8 Å². The van der Waals surface area contributed by atoms with E-state index in [9.17, 15) is 9.59 Å². The summed E-state index contributed by atoms with van der Waals surface area (Å²) in [6.07, 6.45) is 0.649. The Hall–Kier alpha value is -2.97. The highest BCUT2D eigenvalue weighted by molar-refractivity contribution is 7.12. The highest BCUT2D eigenvalue weighted by Crippen LogP contribution is 2.26. The third-order valence-electron chi connectivity index (χ3n) is 5.12. The van der Waals surface area contributed by atoms with Crippen molar-refractivity contribution in [3.05, 3.63) is 64.0 Å². The molecule has 0 unspecified atom stereocenters. The summed E-state index contributed by atoms with van der Waals surface area (Å²) in [4.78, 5) is 28.2. The second-order valence-electron chi connectivity index (χ2n) is 9.01. The van der Waals surface area contributed by atoms with Gasteiger partial charge in [-0.25, -0.2) is 4.68 Å². The number of benzene rings is 1. The van der Waals surface area contributed by atoms with Gasteiger partial charge in [0.2, 0.25) is 5.91 Å². The standard InChI is InChI=1S/C25H32N4O3S/c1-18-9-6-10-19(15-18)29-22(16-21(27-29)25(2,3)4)26-23(30)17-28(12-8-13-32-5)24(31)20-11-7-14-33-20/h6-7,9-11,14-16H,8,12-13,17H2,1-5H3,(H,26,30). The highest BCUT2D eigenvalue weighted by atomic mass is 32.1. The van der Waals surface area contributed by atoms with E-state index in [2.05, 4.69) is 26.1 Å². The van der Waals surface area contributed by atoms with Crippen LogP contribution in [0, 0.1) is 6.92 Å². The van der Waals surface area contributed by atoms with E-state index in [4.69, 9.17) is 9.84 Å². The molecule has 0 saturated heterocycles. The van der Waals surface area contributed by atoms with Gasteiger partial charge in [-0.3, -0.25) is 9.59 Å². The van der Waals surface area contributed by atoms with E-state index in [0.717, 1.165) is 16.9 Å². The van der Waals surface area contributed by atoms with Gasteiger partial charge in [-0.15, -0.1) is 11.3 Å². The summed E-state index contributed by atoms with van der Waals surface area (Å²) in [6.45, 7) is 9.16. The van der Waals surface area contributed by atoms with Crippen molar-refractivity contribution in [3.8, 4) is 5.69 Å². The molecule has 3 aromatic rings. The zero-order valence-electron chi connectivity index (χ0n) is 19.9. The maximum Gasteiger partial charge on any atom is 0.264 e. The highest BCUT2D eigenvalue weighted by Gasteiger charge is 2.24. The summed E-state index contributed by atoms with van der Waals surface area (Å²) >= 11 is 1.37.